The van der Waals surface area contributed by atoms with Gasteiger partial charge in [0.2, 0.25) is 0 Å². The number of carbonyl (C=O) groups is 2. The van der Waals surface area contributed by atoms with E-state index in [1.54, 1.807) is 29.9 Å². The van der Waals surface area contributed by atoms with Gasteiger partial charge in [-0.3, -0.25) is 20.4 Å². The van der Waals surface area contributed by atoms with Crippen molar-refractivity contribution in [2.24, 2.45) is 7.05 Å². The predicted molar refractivity (Wildman–Crippen MR) is 94.7 cm³/mol. The van der Waals surface area contributed by atoms with Crippen LogP contribution in [0.3, 0.4) is 0 Å². The van der Waals surface area contributed by atoms with E-state index >= 15 is 0 Å². The average Bonchev–Trinajstić information content (AvgIpc) is 2.89. The minimum atomic E-state index is -0.438. The number of rotatable bonds is 5. The van der Waals surface area contributed by atoms with Crippen LogP contribution in [0.1, 0.15) is 35.8 Å². The van der Waals surface area contributed by atoms with E-state index in [2.05, 4.69) is 40.6 Å². The Bertz CT molecular complexity index is 740. The average molecular weight is 394 g/mol. The maximum absolute atomic E-state index is 12.0. The van der Waals surface area contributed by atoms with Crippen molar-refractivity contribution in [1.29, 1.82) is 0 Å². The topological polar surface area (TPSA) is 72.4 Å². The van der Waals surface area contributed by atoms with Crippen molar-refractivity contribution in [3.63, 3.8) is 0 Å². The van der Waals surface area contributed by atoms with Gasteiger partial charge in [-0.1, -0.05) is 26.0 Å². The number of amides is 2. The summed E-state index contributed by atoms with van der Waals surface area (Å²) in [6.45, 7) is 3.99. The van der Waals surface area contributed by atoms with E-state index in [4.69, 9.17) is 4.74 Å². The zero-order valence-electron chi connectivity index (χ0n) is 13.8. The Morgan fingerprint density at radius 2 is 2.00 bits per heavy atom. The van der Waals surface area contributed by atoms with Gasteiger partial charge in [-0.2, -0.15) is 0 Å². The molecule has 2 rings (SSSR count). The number of nitrogens with one attached hydrogen (secondary N) is 2. The van der Waals surface area contributed by atoms with Crippen molar-refractivity contribution in [3.05, 3.63) is 52.3 Å². The first-order valence-electron chi connectivity index (χ1n) is 7.50. The van der Waals surface area contributed by atoms with Crippen molar-refractivity contribution in [2.75, 3.05) is 6.61 Å². The molecule has 0 aliphatic carbocycles. The highest BCUT2D eigenvalue weighted by atomic mass is 79.9. The van der Waals surface area contributed by atoms with Crippen LogP contribution in [-0.4, -0.2) is 23.0 Å². The third-order valence-corrected chi connectivity index (χ3v) is 3.85. The second-order valence-corrected chi connectivity index (χ2v) is 6.59. The summed E-state index contributed by atoms with van der Waals surface area (Å²) in [5.41, 5.74) is 6.25. The van der Waals surface area contributed by atoms with Gasteiger partial charge in [0.15, 0.2) is 6.61 Å². The molecule has 24 heavy (non-hydrogen) atoms. The number of benzene rings is 1. The number of hydrogen-bond acceptors (Lipinski definition) is 3. The van der Waals surface area contributed by atoms with Crippen LogP contribution in [0.2, 0.25) is 0 Å². The Morgan fingerprint density at radius 3 is 2.62 bits per heavy atom. The number of aryl methyl sites for hydroxylation is 1. The molecule has 2 amide bonds. The molecule has 0 unspecified atom stereocenters. The van der Waals surface area contributed by atoms with Crippen LogP contribution in [-0.2, 0) is 11.8 Å². The highest BCUT2D eigenvalue weighted by Gasteiger charge is 2.12. The lowest BCUT2D eigenvalue weighted by atomic mass is 10.0. The van der Waals surface area contributed by atoms with Gasteiger partial charge in [0.25, 0.3) is 11.8 Å². The van der Waals surface area contributed by atoms with Crippen LogP contribution in [0, 0.1) is 0 Å². The molecule has 0 spiro atoms. The summed E-state index contributed by atoms with van der Waals surface area (Å²) in [6.07, 6.45) is 1.75. The van der Waals surface area contributed by atoms with Gasteiger partial charge in [0.1, 0.15) is 11.4 Å². The monoisotopic (exact) mass is 393 g/mol. The molecule has 128 valence electrons. The Labute approximate surface area is 149 Å². The third kappa shape index (κ3) is 4.86. The Kier molecular flexibility index (Phi) is 6.03. The molecule has 0 aliphatic rings. The first-order valence-corrected chi connectivity index (χ1v) is 8.30. The van der Waals surface area contributed by atoms with Crippen molar-refractivity contribution < 1.29 is 14.3 Å². The molecule has 0 aliphatic heterocycles. The third-order valence-electron chi connectivity index (χ3n) is 3.41. The molecule has 0 saturated heterocycles. The first-order chi connectivity index (χ1) is 11.4. The molecule has 1 aromatic heterocycles. The number of carbonyl (C=O) groups excluding carboxylic acids is 2. The van der Waals surface area contributed by atoms with Gasteiger partial charge >= 0.3 is 0 Å². The SMILES string of the molecule is CC(C)c1cccc(OCC(=O)NNC(=O)c2cc(Br)cn2C)c1. The van der Waals surface area contributed by atoms with Gasteiger partial charge in [-0.15, -0.1) is 0 Å². The summed E-state index contributed by atoms with van der Waals surface area (Å²) < 4.78 is 7.89. The smallest absolute Gasteiger partial charge is 0.286 e. The van der Waals surface area contributed by atoms with Crippen LogP contribution in [0.25, 0.3) is 0 Å². The summed E-state index contributed by atoms with van der Waals surface area (Å²) in [5.74, 6) is 0.158. The maximum atomic E-state index is 12.0. The van der Waals surface area contributed by atoms with E-state index in [1.165, 1.54) is 0 Å². The fourth-order valence-corrected chi connectivity index (χ4v) is 2.61. The minimum absolute atomic E-state index is 0.182. The number of ether oxygens (including phenoxy) is 1. The highest BCUT2D eigenvalue weighted by molar-refractivity contribution is 9.10. The van der Waals surface area contributed by atoms with Crippen molar-refractivity contribution >= 4 is 27.7 Å². The number of hydrazine groups is 1. The summed E-state index contributed by atoms with van der Waals surface area (Å²) in [6, 6.07) is 9.25. The zero-order valence-corrected chi connectivity index (χ0v) is 15.4. The molecule has 0 atom stereocenters. The van der Waals surface area contributed by atoms with E-state index in [9.17, 15) is 9.59 Å². The lowest BCUT2D eigenvalue weighted by Gasteiger charge is -2.11. The zero-order chi connectivity index (χ0) is 17.7. The molecule has 0 fully saturated rings. The second-order valence-electron chi connectivity index (χ2n) is 5.67. The standard InChI is InChI=1S/C17H20BrN3O3/c1-11(2)12-5-4-6-14(7-12)24-10-16(22)19-20-17(23)15-8-13(18)9-21(15)3/h4-9,11H,10H2,1-3H3,(H,19,22)(H,20,23). The molecule has 6 nitrogen and oxygen atoms in total. The number of halogens is 1. The Morgan fingerprint density at radius 1 is 1.25 bits per heavy atom. The van der Waals surface area contributed by atoms with Crippen LogP contribution >= 0.6 is 15.9 Å². The minimum Gasteiger partial charge on any atom is -0.484 e. The van der Waals surface area contributed by atoms with Gasteiger partial charge in [0, 0.05) is 17.7 Å². The Balaban J connectivity index is 1.82. The van der Waals surface area contributed by atoms with Crippen molar-refractivity contribution in [1.82, 2.24) is 15.4 Å². The van der Waals surface area contributed by atoms with E-state index in [0.29, 0.717) is 17.4 Å². The molecule has 2 N–H and O–H groups in total. The van der Waals surface area contributed by atoms with Crippen LogP contribution in [0.5, 0.6) is 5.75 Å². The van der Waals surface area contributed by atoms with Gasteiger partial charge in [0.05, 0.1) is 0 Å². The molecular weight excluding hydrogens is 374 g/mol. The van der Waals surface area contributed by atoms with Gasteiger partial charge in [-0.25, -0.2) is 0 Å². The molecule has 0 radical (unpaired) electrons. The van der Waals surface area contributed by atoms with E-state index in [0.717, 1.165) is 10.0 Å². The Hall–Kier alpha value is -2.28. The van der Waals surface area contributed by atoms with Crippen LogP contribution in [0.4, 0.5) is 0 Å². The summed E-state index contributed by atoms with van der Waals surface area (Å²) in [7, 11) is 1.74. The molecule has 2 aromatic rings. The van der Waals surface area contributed by atoms with Gasteiger partial charge in [-0.05, 0) is 45.6 Å². The van der Waals surface area contributed by atoms with E-state index < -0.39 is 11.8 Å². The molecule has 0 saturated carbocycles. The molecule has 1 heterocycles. The number of nitrogens with zero attached hydrogens (tertiary/aromatic N) is 1. The fourth-order valence-electron chi connectivity index (χ4n) is 2.09. The lowest BCUT2D eigenvalue weighted by Crippen LogP contribution is -2.44. The lowest BCUT2D eigenvalue weighted by molar-refractivity contribution is -0.123. The molecule has 0 bridgehead atoms. The van der Waals surface area contributed by atoms with Crippen molar-refractivity contribution in [2.45, 2.75) is 19.8 Å². The summed E-state index contributed by atoms with van der Waals surface area (Å²) >= 11 is 3.29. The second kappa shape index (κ2) is 8.01. The summed E-state index contributed by atoms with van der Waals surface area (Å²) in [5, 5.41) is 0. The fraction of sp³-hybridized carbons (Fsp3) is 0.294. The van der Waals surface area contributed by atoms with Gasteiger partial charge < -0.3 is 9.30 Å². The van der Waals surface area contributed by atoms with E-state index in [1.807, 2.05) is 18.2 Å². The molecule has 1 aromatic carbocycles. The predicted octanol–water partition coefficient (Wildman–Crippen LogP) is 2.75. The number of hydrogen-bond donors (Lipinski definition) is 2. The first kappa shape index (κ1) is 18.1. The van der Waals surface area contributed by atoms with Crippen LogP contribution in [0.15, 0.2) is 41.0 Å². The highest BCUT2D eigenvalue weighted by Crippen LogP contribution is 2.20. The van der Waals surface area contributed by atoms with E-state index in [-0.39, 0.29) is 6.61 Å². The largest absolute Gasteiger partial charge is 0.484 e. The maximum Gasteiger partial charge on any atom is 0.286 e. The molecule has 7 heteroatoms. The summed E-state index contributed by atoms with van der Waals surface area (Å²) in [4.78, 5) is 23.8. The number of aromatic nitrogens is 1. The van der Waals surface area contributed by atoms with Crippen LogP contribution < -0.4 is 15.6 Å². The normalized spacial score (nSPS) is 10.5. The van der Waals surface area contributed by atoms with Crippen molar-refractivity contribution in [3.8, 4) is 5.75 Å². The molecular formula is C17H20BrN3O3. The quantitative estimate of drug-likeness (QED) is 0.767.